The maximum Gasteiger partial charge on any atom is 0.262 e. The average molecular weight is 426 g/mol. The molecular weight excluding hydrogens is 404 g/mol. The van der Waals surface area contributed by atoms with Crippen LogP contribution < -0.4 is 15.7 Å². The van der Waals surface area contributed by atoms with Crippen LogP contribution in [0.25, 0.3) is 10.2 Å². The van der Waals surface area contributed by atoms with Gasteiger partial charge in [-0.1, -0.05) is 6.92 Å². The van der Waals surface area contributed by atoms with Gasteiger partial charge in [0.25, 0.3) is 11.5 Å². The van der Waals surface area contributed by atoms with E-state index in [9.17, 15) is 14.7 Å². The summed E-state index contributed by atoms with van der Waals surface area (Å²) >= 11 is 1.58. The lowest BCUT2D eigenvalue weighted by Gasteiger charge is -2.17. The first-order chi connectivity index (χ1) is 14.5. The Balaban J connectivity index is 1.48. The number of hydrogen-bond donors (Lipinski definition) is 2. The van der Waals surface area contributed by atoms with Crippen molar-refractivity contribution in [2.45, 2.75) is 32.7 Å². The topological polar surface area (TPSA) is 106 Å². The second-order valence-electron chi connectivity index (χ2n) is 7.43. The molecule has 156 valence electrons. The average Bonchev–Trinajstić information content (AvgIpc) is 3.09. The van der Waals surface area contributed by atoms with Gasteiger partial charge in [-0.05, 0) is 54.5 Å². The van der Waals surface area contributed by atoms with E-state index in [0.29, 0.717) is 22.6 Å². The zero-order valence-corrected chi connectivity index (χ0v) is 17.5. The van der Waals surface area contributed by atoms with E-state index in [1.54, 1.807) is 23.5 Å². The number of aromatic hydroxyl groups is 1. The molecule has 2 heterocycles. The minimum Gasteiger partial charge on any atom is -0.504 e. The number of carbonyl (C=O) groups is 1. The van der Waals surface area contributed by atoms with Gasteiger partial charge >= 0.3 is 0 Å². The molecule has 0 radical (unpaired) electrons. The number of thiophene rings is 1. The van der Waals surface area contributed by atoms with Crippen molar-refractivity contribution >= 4 is 33.7 Å². The molecule has 8 nitrogen and oxygen atoms in total. The van der Waals surface area contributed by atoms with Crippen LogP contribution in [0.3, 0.4) is 0 Å². The highest BCUT2D eigenvalue weighted by Crippen LogP contribution is 2.35. The monoisotopic (exact) mass is 426 g/mol. The molecule has 2 N–H and O–H groups in total. The number of aromatic nitrogens is 2. The van der Waals surface area contributed by atoms with Crippen molar-refractivity contribution in [2.75, 3.05) is 7.11 Å². The molecule has 0 unspecified atom stereocenters. The predicted molar refractivity (Wildman–Crippen MR) is 115 cm³/mol. The van der Waals surface area contributed by atoms with Crippen LogP contribution in [0.1, 0.15) is 29.3 Å². The first-order valence-electron chi connectivity index (χ1n) is 9.65. The minimum absolute atomic E-state index is 0.0195. The summed E-state index contributed by atoms with van der Waals surface area (Å²) in [5.74, 6) is 0.513. The zero-order valence-electron chi connectivity index (χ0n) is 16.7. The van der Waals surface area contributed by atoms with E-state index in [4.69, 9.17) is 4.74 Å². The van der Waals surface area contributed by atoms with Crippen LogP contribution in [0.5, 0.6) is 11.5 Å². The Morgan fingerprint density at radius 2 is 2.33 bits per heavy atom. The number of hydrazone groups is 1. The molecular formula is C21H22N4O4S. The second kappa shape index (κ2) is 8.27. The summed E-state index contributed by atoms with van der Waals surface area (Å²) in [6.07, 6.45) is 5.77. The van der Waals surface area contributed by atoms with Crippen LogP contribution in [-0.2, 0) is 24.2 Å². The summed E-state index contributed by atoms with van der Waals surface area (Å²) in [7, 11) is 1.45. The molecule has 9 heteroatoms. The number of phenols is 1. The van der Waals surface area contributed by atoms with Gasteiger partial charge < -0.3 is 9.84 Å². The number of rotatable bonds is 5. The van der Waals surface area contributed by atoms with E-state index < -0.39 is 5.91 Å². The number of aryl methyl sites for hydroxylation is 1. The third kappa shape index (κ3) is 3.93. The van der Waals surface area contributed by atoms with Gasteiger partial charge in [0.1, 0.15) is 11.4 Å². The number of phenolic OH excluding ortho intramolecular Hbond substituents is 1. The van der Waals surface area contributed by atoms with Crippen LogP contribution in [0.2, 0.25) is 0 Å². The number of hydrogen-bond acceptors (Lipinski definition) is 7. The molecule has 1 atom stereocenters. The lowest BCUT2D eigenvalue weighted by atomic mass is 9.89. The fraction of sp³-hybridized carbons (Fsp3) is 0.333. The molecule has 1 aliphatic rings. The molecule has 0 saturated carbocycles. The molecule has 0 bridgehead atoms. The van der Waals surface area contributed by atoms with Crippen LogP contribution in [0.4, 0.5) is 0 Å². The second-order valence-corrected chi connectivity index (χ2v) is 8.52. The largest absolute Gasteiger partial charge is 0.504 e. The van der Waals surface area contributed by atoms with Crippen molar-refractivity contribution in [3.8, 4) is 11.5 Å². The highest BCUT2D eigenvalue weighted by atomic mass is 32.1. The number of nitrogens with zero attached hydrogens (tertiary/aromatic N) is 3. The highest BCUT2D eigenvalue weighted by Gasteiger charge is 2.23. The zero-order chi connectivity index (χ0) is 21.3. The van der Waals surface area contributed by atoms with Crippen molar-refractivity contribution in [2.24, 2.45) is 11.0 Å². The summed E-state index contributed by atoms with van der Waals surface area (Å²) in [5.41, 5.74) is 3.97. The number of carbonyl (C=O) groups excluding carboxylic acids is 1. The van der Waals surface area contributed by atoms with Crippen LogP contribution in [0, 0.1) is 5.92 Å². The Morgan fingerprint density at radius 3 is 3.13 bits per heavy atom. The first-order valence-corrected chi connectivity index (χ1v) is 10.5. The number of nitrogens with one attached hydrogen (secondary N) is 1. The van der Waals surface area contributed by atoms with Gasteiger partial charge in [-0.15, -0.1) is 11.3 Å². The van der Waals surface area contributed by atoms with Gasteiger partial charge in [0.15, 0.2) is 11.5 Å². The SMILES string of the molecule is COc1cc(/C=N\NC(=O)Cn2cnc3sc4c(c3c2=O)CC[C@@H](C)C4)ccc1O. The molecule has 1 amide bonds. The summed E-state index contributed by atoms with van der Waals surface area (Å²) in [6, 6.07) is 4.70. The quantitative estimate of drug-likeness (QED) is 0.482. The van der Waals surface area contributed by atoms with Crippen molar-refractivity contribution in [1.82, 2.24) is 15.0 Å². The van der Waals surface area contributed by atoms with Crippen LogP contribution in [0.15, 0.2) is 34.4 Å². The number of amides is 1. The maximum atomic E-state index is 12.9. The van der Waals surface area contributed by atoms with E-state index >= 15 is 0 Å². The molecule has 2 aromatic heterocycles. The van der Waals surface area contributed by atoms with Gasteiger partial charge in [0, 0.05) is 4.88 Å². The van der Waals surface area contributed by atoms with Crippen molar-refractivity contribution in [1.29, 1.82) is 0 Å². The van der Waals surface area contributed by atoms with Gasteiger partial charge in [0.05, 0.1) is 25.0 Å². The number of methoxy groups -OCH3 is 1. The smallest absolute Gasteiger partial charge is 0.262 e. The van der Waals surface area contributed by atoms with Gasteiger partial charge in [-0.2, -0.15) is 5.10 Å². The molecule has 30 heavy (non-hydrogen) atoms. The van der Waals surface area contributed by atoms with Gasteiger partial charge in [-0.25, -0.2) is 10.4 Å². The van der Waals surface area contributed by atoms with E-state index in [0.717, 1.165) is 29.7 Å². The molecule has 0 spiro atoms. The van der Waals surface area contributed by atoms with Crippen LogP contribution in [-0.4, -0.2) is 33.9 Å². The minimum atomic E-state index is -0.432. The highest BCUT2D eigenvalue weighted by molar-refractivity contribution is 7.18. The summed E-state index contributed by atoms with van der Waals surface area (Å²) in [6.45, 7) is 2.05. The number of ether oxygens (including phenoxy) is 1. The summed E-state index contributed by atoms with van der Waals surface area (Å²) in [5, 5.41) is 14.2. The fourth-order valence-corrected chi connectivity index (χ4v) is 4.96. The molecule has 0 aliphatic heterocycles. The lowest BCUT2D eigenvalue weighted by Crippen LogP contribution is -2.30. The van der Waals surface area contributed by atoms with Crippen molar-refractivity contribution in [3.63, 3.8) is 0 Å². The molecule has 1 aromatic carbocycles. The van der Waals surface area contributed by atoms with E-state index in [-0.39, 0.29) is 17.9 Å². The Kier molecular flexibility index (Phi) is 5.54. The van der Waals surface area contributed by atoms with Crippen molar-refractivity contribution in [3.05, 3.63) is 50.9 Å². The predicted octanol–water partition coefficient (Wildman–Crippen LogP) is 2.45. The Morgan fingerprint density at radius 1 is 1.50 bits per heavy atom. The first kappa shape index (κ1) is 20.1. The van der Waals surface area contributed by atoms with Gasteiger partial charge in [-0.3, -0.25) is 14.2 Å². The normalized spacial score (nSPS) is 16.0. The standard InChI is InChI=1S/C21H22N4O4S/c1-12-3-5-14-17(7-12)30-20-19(14)21(28)25(11-22-20)10-18(27)24-23-9-13-4-6-15(26)16(8-13)29-2/h4,6,8-9,11-12,26H,3,5,7,10H2,1-2H3,(H,24,27)/b23-9-/t12-/m1/s1. The summed E-state index contributed by atoms with van der Waals surface area (Å²) < 4.78 is 6.36. The number of fused-ring (bicyclic) bond motifs is 3. The lowest BCUT2D eigenvalue weighted by molar-refractivity contribution is -0.121. The van der Waals surface area contributed by atoms with E-state index in [1.807, 2.05) is 0 Å². The Hall–Kier alpha value is -3.20. The fourth-order valence-electron chi connectivity index (χ4n) is 3.62. The molecule has 0 saturated heterocycles. The van der Waals surface area contributed by atoms with Gasteiger partial charge in [0.2, 0.25) is 0 Å². The maximum absolute atomic E-state index is 12.9. The summed E-state index contributed by atoms with van der Waals surface area (Å²) in [4.78, 5) is 31.6. The Bertz CT molecular complexity index is 1200. The molecule has 0 fully saturated rings. The third-order valence-electron chi connectivity index (χ3n) is 5.20. The molecule has 3 aromatic rings. The third-order valence-corrected chi connectivity index (χ3v) is 6.37. The van der Waals surface area contributed by atoms with Crippen LogP contribution >= 0.6 is 11.3 Å². The van der Waals surface area contributed by atoms with E-state index in [2.05, 4.69) is 22.4 Å². The molecule has 1 aliphatic carbocycles. The van der Waals surface area contributed by atoms with E-state index in [1.165, 1.54) is 35.2 Å². The molecule has 4 rings (SSSR count). The Labute approximate surface area is 176 Å². The van der Waals surface area contributed by atoms with Crippen molar-refractivity contribution < 1.29 is 14.6 Å². The number of benzene rings is 1.